The summed E-state index contributed by atoms with van der Waals surface area (Å²) >= 11 is 0. The zero-order valence-corrected chi connectivity index (χ0v) is 13.9. The minimum Gasteiger partial charge on any atom is -0.497 e. The second kappa shape index (κ2) is 9.00. The molecule has 0 radical (unpaired) electrons. The van der Waals surface area contributed by atoms with Crippen LogP contribution in [0.2, 0.25) is 0 Å². The van der Waals surface area contributed by atoms with Crippen LogP contribution in [0.1, 0.15) is 19.3 Å². The van der Waals surface area contributed by atoms with Crippen molar-refractivity contribution in [2.45, 2.75) is 19.3 Å². The molecule has 0 saturated carbocycles. The number of methoxy groups -OCH3 is 1. The highest BCUT2D eigenvalue weighted by atomic mass is 16.5. The molecule has 0 atom stereocenters. The number of piperidine rings is 1. The molecule has 132 valence electrons. The topological polar surface area (TPSA) is 88.1 Å². The molecule has 7 nitrogen and oxygen atoms in total. The number of nitrogens with one attached hydrogen (secondary N) is 1. The zero-order chi connectivity index (χ0) is 17.4. The second-order valence-electron chi connectivity index (χ2n) is 5.71. The van der Waals surface area contributed by atoms with Gasteiger partial charge in [0.25, 0.3) is 0 Å². The van der Waals surface area contributed by atoms with E-state index in [2.05, 4.69) is 5.32 Å². The van der Waals surface area contributed by atoms with Crippen molar-refractivity contribution in [2.75, 3.05) is 33.4 Å². The van der Waals surface area contributed by atoms with Crippen LogP contribution in [-0.4, -0.2) is 55.4 Å². The summed E-state index contributed by atoms with van der Waals surface area (Å²) in [6, 6.07) is 7.20. The van der Waals surface area contributed by atoms with Crippen LogP contribution < -0.4 is 14.8 Å². The number of nitrogens with zero attached hydrogens (tertiary/aromatic N) is 1. The van der Waals surface area contributed by atoms with Gasteiger partial charge in [0.15, 0.2) is 0 Å². The summed E-state index contributed by atoms with van der Waals surface area (Å²) < 4.78 is 10.7. The summed E-state index contributed by atoms with van der Waals surface area (Å²) in [6.45, 7) is 2.01. The summed E-state index contributed by atoms with van der Waals surface area (Å²) in [6.07, 6.45) is 1.73. The van der Waals surface area contributed by atoms with Crippen LogP contribution in [0.5, 0.6) is 11.5 Å². The lowest BCUT2D eigenvalue weighted by atomic mass is 9.97. The fourth-order valence-electron chi connectivity index (χ4n) is 2.57. The van der Waals surface area contributed by atoms with Gasteiger partial charge in [-0.3, -0.25) is 4.79 Å². The maximum Gasteiger partial charge on any atom is 0.317 e. The Morgan fingerprint density at radius 2 is 1.83 bits per heavy atom. The quantitative estimate of drug-likeness (QED) is 0.743. The summed E-state index contributed by atoms with van der Waals surface area (Å²) in [7, 11) is 1.61. The number of carboxylic acid groups (broad SMARTS) is 1. The Bertz CT molecular complexity index is 538. The number of carbonyl (C=O) groups is 2. The van der Waals surface area contributed by atoms with E-state index in [1.165, 1.54) is 0 Å². The van der Waals surface area contributed by atoms with Crippen molar-refractivity contribution in [1.29, 1.82) is 0 Å². The van der Waals surface area contributed by atoms with E-state index < -0.39 is 5.97 Å². The number of benzene rings is 1. The molecule has 7 heteroatoms. The first-order valence-corrected chi connectivity index (χ1v) is 8.12. The first-order valence-electron chi connectivity index (χ1n) is 8.12. The zero-order valence-electron chi connectivity index (χ0n) is 13.9. The van der Waals surface area contributed by atoms with Crippen molar-refractivity contribution < 1.29 is 24.2 Å². The summed E-state index contributed by atoms with van der Waals surface area (Å²) in [5, 5.41) is 11.8. The standard InChI is InChI=1S/C17H24N2O5/c1-23-14-3-5-15(6-4-14)24-12-2-9-18-17(22)19-10-7-13(8-11-19)16(20)21/h3-6,13H,2,7-12H2,1H3,(H,18,22)(H,20,21). The molecule has 1 aliphatic heterocycles. The Balaban J connectivity index is 1.58. The fraction of sp³-hybridized carbons (Fsp3) is 0.529. The normalized spacial score (nSPS) is 15.0. The molecule has 1 heterocycles. The number of aliphatic carboxylic acids is 1. The number of likely N-dealkylation sites (tertiary alicyclic amines) is 1. The van der Waals surface area contributed by atoms with Gasteiger partial charge in [0.1, 0.15) is 11.5 Å². The first-order chi connectivity index (χ1) is 11.6. The van der Waals surface area contributed by atoms with E-state index in [-0.39, 0.29) is 11.9 Å². The van der Waals surface area contributed by atoms with E-state index >= 15 is 0 Å². The van der Waals surface area contributed by atoms with Crippen molar-refractivity contribution >= 4 is 12.0 Å². The van der Waals surface area contributed by atoms with Gasteiger partial charge in [0, 0.05) is 19.6 Å². The lowest BCUT2D eigenvalue weighted by Gasteiger charge is -2.30. The van der Waals surface area contributed by atoms with E-state index in [1.54, 1.807) is 12.0 Å². The number of amides is 2. The third-order valence-electron chi connectivity index (χ3n) is 4.06. The van der Waals surface area contributed by atoms with Crippen LogP contribution >= 0.6 is 0 Å². The fourth-order valence-corrected chi connectivity index (χ4v) is 2.57. The SMILES string of the molecule is COc1ccc(OCCCNC(=O)N2CCC(C(=O)O)CC2)cc1. The van der Waals surface area contributed by atoms with Gasteiger partial charge in [-0.25, -0.2) is 4.79 Å². The minimum absolute atomic E-state index is 0.136. The summed E-state index contributed by atoms with van der Waals surface area (Å²) in [4.78, 5) is 24.5. The highest BCUT2D eigenvalue weighted by Crippen LogP contribution is 2.18. The van der Waals surface area contributed by atoms with E-state index in [4.69, 9.17) is 14.6 Å². The molecular weight excluding hydrogens is 312 g/mol. The molecule has 1 fully saturated rings. The van der Waals surface area contributed by atoms with E-state index in [0.29, 0.717) is 45.5 Å². The molecule has 2 amide bonds. The smallest absolute Gasteiger partial charge is 0.317 e. The van der Waals surface area contributed by atoms with Crippen LogP contribution in [0.25, 0.3) is 0 Å². The Kier molecular flexibility index (Phi) is 6.72. The van der Waals surface area contributed by atoms with Gasteiger partial charge >= 0.3 is 12.0 Å². The van der Waals surface area contributed by atoms with Gasteiger partial charge in [-0.05, 0) is 43.5 Å². The second-order valence-corrected chi connectivity index (χ2v) is 5.71. The number of carboxylic acids is 1. The van der Waals surface area contributed by atoms with Crippen molar-refractivity contribution in [3.63, 3.8) is 0 Å². The minimum atomic E-state index is -0.772. The number of rotatable bonds is 7. The predicted octanol–water partition coefficient (Wildman–Crippen LogP) is 1.97. The molecule has 0 bridgehead atoms. The molecule has 2 N–H and O–H groups in total. The lowest BCUT2D eigenvalue weighted by molar-refractivity contribution is -0.143. The summed E-state index contributed by atoms with van der Waals surface area (Å²) in [5.74, 6) is 0.442. The molecule has 0 aromatic heterocycles. The molecule has 1 aliphatic rings. The Labute approximate surface area is 141 Å². The Morgan fingerprint density at radius 3 is 2.42 bits per heavy atom. The van der Waals surface area contributed by atoms with Crippen LogP contribution in [0.4, 0.5) is 4.79 Å². The van der Waals surface area contributed by atoms with Crippen molar-refractivity contribution in [2.24, 2.45) is 5.92 Å². The summed E-state index contributed by atoms with van der Waals surface area (Å²) in [5.41, 5.74) is 0. The Hall–Kier alpha value is -2.44. The van der Waals surface area contributed by atoms with Gasteiger partial charge in [0.2, 0.25) is 0 Å². The largest absolute Gasteiger partial charge is 0.497 e. The van der Waals surface area contributed by atoms with Gasteiger partial charge in [-0.15, -0.1) is 0 Å². The monoisotopic (exact) mass is 336 g/mol. The lowest BCUT2D eigenvalue weighted by Crippen LogP contribution is -2.45. The van der Waals surface area contributed by atoms with Crippen LogP contribution in [0, 0.1) is 5.92 Å². The molecule has 1 saturated heterocycles. The first kappa shape index (κ1) is 17.9. The molecule has 1 aromatic carbocycles. The number of hydrogen-bond donors (Lipinski definition) is 2. The maximum absolute atomic E-state index is 12.0. The van der Waals surface area contributed by atoms with Crippen LogP contribution in [0.3, 0.4) is 0 Å². The van der Waals surface area contributed by atoms with Crippen molar-refractivity contribution in [1.82, 2.24) is 10.2 Å². The molecule has 0 unspecified atom stereocenters. The third kappa shape index (κ3) is 5.33. The third-order valence-corrected chi connectivity index (χ3v) is 4.06. The number of urea groups is 1. The van der Waals surface area contributed by atoms with E-state index in [0.717, 1.165) is 11.5 Å². The van der Waals surface area contributed by atoms with Gasteiger partial charge in [-0.2, -0.15) is 0 Å². The Morgan fingerprint density at radius 1 is 1.21 bits per heavy atom. The number of ether oxygens (including phenoxy) is 2. The van der Waals surface area contributed by atoms with Crippen LogP contribution in [-0.2, 0) is 4.79 Å². The van der Waals surface area contributed by atoms with Gasteiger partial charge < -0.3 is 24.8 Å². The van der Waals surface area contributed by atoms with Gasteiger partial charge in [-0.1, -0.05) is 0 Å². The van der Waals surface area contributed by atoms with Crippen molar-refractivity contribution in [3.8, 4) is 11.5 Å². The molecule has 0 aliphatic carbocycles. The van der Waals surface area contributed by atoms with E-state index in [9.17, 15) is 9.59 Å². The molecule has 1 aromatic rings. The van der Waals surface area contributed by atoms with E-state index in [1.807, 2.05) is 24.3 Å². The van der Waals surface area contributed by atoms with Crippen molar-refractivity contribution in [3.05, 3.63) is 24.3 Å². The molecule has 0 spiro atoms. The predicted molar refractivity (Wildman–Crippen MR) is 88.4 cm³/mol. The molecular formula is C17H24N2O5. The molecule has 2 rings (SSSR count). The highest BCUT2D eigenvalue weighted by Gasteiger charge is 2.26. The average molecular weight is 336 g/mol. The maximum atomic E-state index is 12.0. The number of hydrogen-bond acceptors (Lipinski definition) is 4. The average Bonchev–Trinajstić information content (AvgIpc) is 2.62. The highest BCUT2D eigenvalue weighted by molar-refractivity contribution is 5.75. The number of carbonyl (C=O) groups excluding carboxylic acids is 1. The van der Waals surface area contributed by atoms with Gasteiger partial charge in [0.05, 0.1) is 19.6 Å². The molecule has 24 heavy (non-hydrogen) atoms. The van der Waals surface area contributed by atoms with Crippen LogP contribution in [0.15, 0.2) is 24.3 Å².